The van der Waals surface area contributed by atoms with Crippen molar-refractivity contribution in [2.45, 2.75) is 45.6 Å². The summed E-state index contributed by atoms with van der Waals surface area (Å²) in [5, 5.41) is 11.4. The van der Waals surface area contributed by atoms with Gasteiger partial charge in [0.2, 0.25) is 0 Å². The molecule has 0 aliphatic heterocycles. The average molecular weight is 394 g/mol. The van der Waals surface area contributed by atoms with Crippen LogP contribution in [0, 0.1) is 11.3 Å². The Balaban J connectivity index is 1.75. The first-order valence-corrected chi connectivity index (χ1v) is 9.43. The minimum absolute atomic E-state index is 0.0372. The number of nitrogens with one attached hydrogen (secondary N) is 1. The number of hydrogen-bond donors (Lipinski definition) is 1. The summed E-state index contributed by atoms with van der Waals surface area (Å²) in [4.78, 5) is 24.1. The molecule has 0 saturated carbocycles. The summed E-state index contributed by atoms with van der Waals surface area (Å²) in [6.45, 7) is 8.08. The molecule has 0 fully saturated rings. The van der Waals surface area contributed by atoms with E-state index in [2.05, 4.69) is 26.1 Å². The molecule has 0 aromatic heterocycles. The molecule has 0 spiro atoms. The quantitative estimate of drug-likeness (QED) is 0.711. The van der Waals surface area contributed by atoms with E-state index < -0.39 is 18.0 Å². The molecular weight excluding hydrogens is 368 g/mol. The second-order valence-electron chi connectivity index (χ2n) is 7.68. The molecule has 6 nitrogen and oxygen atoms in total. The highest BCUT2D eigenvalue weighted by molar-refractivity contribution is 5.95. The lowest BCUT2D eigenvalue weighted by Gasteiger charge is -2.19. The van der Waals surface area contributed by atoms with E-state index in [1.807, 2.05) is 30.3 Å². The van der Waals surface area contributed by atoms with Crippen LogP contribution in [0.4, 0.5) is 5.69 Å². The Labute approximate surface area is 171 Å². The molecule has 1 atom stereocenters. The SMILES string of the molecule is C[C@@H](OC(=O)CCOc1ccc(C(C)(C)C)cc1)C(=O)Nc1ccc(C#N)cc1. The normalized spacial score (nSPS) is 11.8. The minimum Gasteiger partial charge on any atom is -0.493 e. The van der Waals surface area contributed by atoms with Gasteiger partial charge in [0.05, 0.1) is 24.7 Å². The van der Waals surface area contributed by atoms with E-state index in [1.165, 1.54) is 12.5 Å². The third-order valence-electron chi connectivity index (χ3n) is 4.25. The Kier molecular flexibility index (Phi) is 7.38. The molecule has 6 heteroatoms. The van der Waals surface area contributed by atoms with Crippen molar-refractivity contribution in [3.8, 4) is 11.8 Å². The molecule has 1 amide bonds. The van der Waals surface area contributed by atoms with Gasteiger partial charge in [-0.25, -0.2) is 0 Å². The lowest BCUT2D eigenvalue weighted by molar-refractivity contribution is -0.153. The molecule has 152 valence electrons. The van der Waals surface area contributed by atoms with E-state index in [4.69, 9.17) is 14.7 Å². The smallest absolute Gasteiger partial charge is 0.310 e. The number of esters is 1. The summed E-state index contributed by atoms with van der Waals surface area (Å²) in [6.07, 6.45) is -0.903. The van der Waals surface area contributed by atoms with Gasteiger partial charge in [-0.1, -0.05) is 32.9 Å². The topological polar surface area (TPSA) is 88.4 Å². The van der Waals surface area contributed by atoms with Crippen LogP contribution < -0.4 is 10.1 Å². The zero-order valence-corrected chi connectivity index (χ0v) is 17.2. The minimum atomic E-state index is -0.941. The standard InChI is InChI=1S/C23H26N2O4/c1-16(22(27)25-19-9-5-17(15-24)6-10-19)29-21(26)13-14-28-20-11-7-18(8-12-20)23(2,3)4/h5-12,16H,13-14H2,1-4H3,(H,25,27)/t16-/m1/s1. The largest absolute Gasteiger partial charge is 0.493 e. The van der Waals surface area contributed by atoms with Crippen molar-refractivity contribution in [3.63, 3.8) is 0 Å². The highest BCUT2D eigenvalue weighted by atomic mass is 16.5. The van der Waals surface area contributed by atoms with Crippen LogP contribution in [0.25, 0.3) is 0 Å². The third-order valence-corrected chi connectivity index (χ3v) is 4.25. The van der Waals surface area contributed by atoms with Crippen LogP contribution in [-0.2, 0) is 19.7 Å². The van der Waals surface area contributed by atoms with Crippen molar-refractivity contribution >= 4 is 17.6 Å². The highest BCUT2D eigenvalue weighted by Gasteiger charge is 2.18. The monoisotopic (exact) mass is 394 g/mol. The molecule has 29 heavy (non-hydrogen) atoms. The molecule has 1 N–H and O–H groups in total. The molecule has 2 rings (SSSR count). The highest BCUT2D eigenvalue weighted by Crippen LogP contribution is 2.24. The maximum atomic E-state index is 12.1. The fourth-order valence-corrected chi connectivity index (χ4v) is 2.48. The summed E-state index contributed by atoms with van der Waals surface area (Å²) in [5.41, 5.74) is 2.29. The molecule has 0 bridgehead atoms. The number of carbonyl (C=O) groups is 2. The number of benzene rings is 2. The Bertz CT molecular complexity index is 875. The predicted octanol–water partition coefficient (Wildman–Crippen LogP) is 4.20. The van der Waals surface area contributed by atoms with Crippen LogP contribution in [0.15, 0.2) is 48.5 Å². The molecule has 0 heterocycles. The van der Waals surface area contributed by atoms with Gasteiger partial charge in [-0.15, -0.1) is 0 Å². The number of rotatable bonds is 7. The molecule has 0 radical (unpaired) electrons. The van der Waals surface area contributed by atoms with E-state index in [9.17, 15) is 9.59 Å². The number of carbonyl (C=O) groups excluding carboxylic acids is 2. The Morgan fingerprint density at radius 3 is 2.24 bits per heavy atom. The maximum absolute atomic E-state index is 12.1. The maximum Gasteiger partial charge on any atom is 0.310 e. The van der Waals surface area contributed by atoms with Gasteiger partial charge in [-0.3, -0.25) is 9.59 Å². The first-order chi connectivity index (χ1) is 13.7. The Morgan fingerprint density at radius 1 is 1.07 bits per heavy atom. The Hall–Kier alpha value is -3.33. The van der Waals surface area contributed by atoms with Gasteiger partial charge >= 0.3 is 5.97 Å². The van der Waals surface area contributed by atoms with Gasteiger partial charge in [-0.05, 0) is 54.3 Å². The number of amides is 1. The van der Waals surface area contributed by atoms with Crippen LogP contribution in [0.2, 0.25) is 0 Å². The second kappa shape index (κ2) is 9.74. The van der Waals surface area contributed by atoms with Crippen molar-refractivity contribution in [2.24, 2.45) is 0 Å². The fourth-order valence-electron chi connectivity index (χ4n) is 2.48. The van der Waals surface area contributed by atoms with E-state index in [0.717, 1.165) is 0 Å². The summed E-state index contributed by atoms with van der Waals surface area (Å²) >= 11 is 0. The van der Waals surface area contributed by atoms with Crippen LogP contribution in [0.5, 0.6) is 5.75 Å². The molecule has 2 aromatic rings. The number of nitrogens with zero attached hydrogens (tertiary/aromatic N) is 1. The average Bonchev–Trinajstić information content (AvgIpc) is 2.68. The van der Waals surface area contributed by atoms with Crippen molar-refractivity contribution < 1.29 is 19.1 Å². The molecule has 0 unspecified atom stereocenters. The van der Waals surface area contributed by atoms with Gasteiger partial charge in [0.25, 0.3) is 5.91 Å². The number of nitriles is 1. The van der Waals surface area contributed by atoms with Crippen LogP contribution >= 0.6 is 0 Å². The lowest BCUT2D eigenvalue weighted by Crippen LogP contribution is -2.30. The van der Waals surface area contributed by atoms with E-state index in [1.54, 1.807) is 24.3 Å². The van der Waals surface area contributed by atoms with E-state index in [-0.39, 0.29) is 18.4 Å². The summed E-state index contributed by atoms with van der Waals surface area (Å²) in [7, 11) is 0. The second-order valence-corrected chi connectivity index (χ2v) is 7.68. The predicted molar refractivity (Wildman–Crippen MR) is 111 cm³/mol. The summed E-state index contributed by atoms with van der Waals surface area (Å²) in [6, 6.07) is 16.2. The first-order valence-electron chi connectivity index (χ1n) is 9.43. The zero-order chi connectivity index (χ0) is 21.4. The number of anilines is 1. The molecular formula is C23H26N2O4. The number of ether oxygens (including phenoxy) is 2. The number of hydrogen-bond acceptors (Lipinski definition) is 5. The van der Waals surface area contributed by atoms with Gasteiger partial charge < -0.3 is 14.8 Å². The zero-order valence-electron chi connectivity index (χ0n) is 17.2. The van der Waals surface area contributed by atoms with Crippen molar-refractivity contribution in [1.29, 1.82) is 5.26 Å². The van der Waals surface area contributed by atoms with Crippen molar-refractivity contribution in [2.75, 3.05) is 11.9 Å². The van der Waals surface area contributed by atoms with Crippen molar-refractivity contribution in [3.05, 3.63) is 59.7 Å². The van der Waals surface area contributed by atoms with Crippen LogP contribution in [0.1, 0.15) is 45.2 Å². The van der Waals surface area contributed by atoms with Gasteiger partial charge in [0, 0.05) is 5.69 Å². The fraction of sp³-hybridized carbons (Fsp3) is 0.348. The van der Waals surface area contributed by atoms with Crippen molar-refractivity contribution in [1.82, 2.24) is 0 Å². The summed E-state index contributed by atoms with van der Waals surface area (Å²) in [5.74, 6) is -0.280. The van der Waals surface area contributed by atoms with Gasteiger partial charge in [0.1, 0.15) is 5.75 Å². The lowest BCUT2D eigenvalue weighted by atomic mass is 9.87. The summed E-state index contributed by atoms with van der Waals surface area (Å²) < 4.78 is 10.7. The van der Waals surface area contributed by atoms with Crippen LogP contribution in [-0.4, -0.2) is 24.6 Å². The first kappa shape index (κ1) is 22.0. The molecule has 0 saturated heterocycles. The van der Waals surface area contributed by atoms with Crippen LogP contribution in [0.3, 0.4) is 0 Å². The molecule has 0 aliphatic rings. The van der Waals surface area contributed by atoms with Gasteiger partial charge in [0.15, 0.2) is 6.10 Å². The third kappa shape index (κ3) is 6.96. The van der Waals surface area contributed by atoms with E-state index >= 15 is 0 Å². The Morgan fingerprint density at radius 2 is 1.69 bits per heavy atom. The molecule has 2 aromatic carbocycles. The van der Waals surface area contributed by atoms with Gasteiger partial charge in [-0.2, -0.15) is 5.26 Å². The molecule has 0 aliphatic carbocycles. The van der Waals surface area contributed by atoms with E-state index in [0.29, 0.717) is 17.0 Å².